The van der Waals surface area contributed by atoms with Crippen LogP contribution in [0.4, 0.5) is 0 Å². The van der Waals surface area contributed by atoms with Gasteiger partial charge in [-0.3, -0.25) is 9.69 Å². The van der Waals surface area contributed by atoms with E-state index < -0.39 is 0 Å². The van der Waals surface area contributed by atoms with Gasteiger partial charge in [0.15, 0.2) is 0 Å². The summed E-state index contributed by atoms with van der Waals surface area (Å²) >= 11 is 0. The lowest BCUT2D eigenvalue weighted by atomic mass is 9.93. The van der Waals surface area contributed by atoms with Crippen LogP contribution in [0.1, 0.15) is 31.4 Å². The summed E-state index contributed by atoms with van der Waals surface area (Å²) in [4.78, 5) is 16.7. The van der Waals surface area contributed by atoms with Gasteiger partial charge in [0.2, 0.25) is 5.91 Å². The molecule has 0 unspecified atom stereocenters. The lowest BCUT2D eigenvalue weighted by Crippen LogP contribution is -2.49. The van der Waals surface area contributed by atoms with Crippen molar-refractivity contribution in [2.75, 3.05) is 39.3 Å². The maximum Gasteiger partial charge on any atom is 0.227 e. The molecule has 5 nitrogen and oxygen atoms in total. The molecule has 0 atom stereocenters. The molecular weight excluding hydrogens is 304 g/mol. The molecule has 0 saturated carbocycles. The van der Waals surface area contributed by atoms with Gasteiger partial charge in [-0.1, -0.05) is 12.1 Å². The van der Waals surface area contributed by atoms with E-state index in [0.29, 0.717) is 13.0 Å². The standard InChI is InChI=1S/C19H28N2O3/c1-19(2)6-5-16-13-15(3-4-17(16)24-19)14-18(23)21-9-7-20(8-10-21)11-12-22/h3-4,13,22H,5-12,14H2,1-2H3. The van der Waals surface area contributed by atoms with Gasteiger partial charge in [0.25, 0.3) is 0 Å². The lowest BCUT2D eigenvalue weighted by molar-refractivity contribution is -0.132. The molecule has 5 heteroatoms. The van der Waals surface area contributed by atoms with Crippen molar-refractivity contribution in [3.8, 4) is 5.75 Å². The molecule has 1 fully saturated rings. The van der Waals surface area contributed by atoms with Gasteiger partial charge in [-0.25, -0.2) is 0 Å². The van der Waals surface area contributed by atoms with Crippen LogP contribution in [0.5, 0.6) is 5.75 Å². The number of aliphatic hydroxyl groups excluding tert-OH is 1. The first-order valence-corrected chi connectivity index (χ1v) is 8.89. The molecule has 0 radical (unpaired) electrons. The van der Waals surface area contributed by atoms with Gasteiger partial charge >= 0.3 is 0 Å². The Balaban J connectivity index is 1.58. The average Bonchev–Trinajstić information content (AvgIpc) is 2.55. The first-order valence-electron chi connectivity index (χ1n) is 8.89. The molecule has 1 aromatic carbocycles. The first kappa shape index (κ1) is 17.2. The Hall–Kier alpha value is -1.59. The van der Waals surface area contributed by atoms with E-state index in [1.54, 1.807) is 0 Å². The minimum Gasteiger partial charge on any atom is -0.488 e. The summed E-state index contributed by atoms with van der Waals surface area (Å²) in [5.41, 5.74) is 2.19. The van der Waals surface area contributed by atoms with Crippen molar-refractivity contribution in [2.45, 2.75) is 38.7 Å². The van der Waals surface area contributed by atoms with Crippen LogP contribution < -0.4 is 4.74 Å². The molecule has 0 aromatic heterocycles. The zero-order valence-electron chi connectivity index (χ0n) is 14.8. The van der Waals surface area contributed by atoms with Gasteiger partial charge < -0.3 is 14.7 Å². The first-order chi connectivity index (χ1) is 11.5. The van der Waals surface area contributed by atoms with Crippen LogP contribution in [0.3, 0.4) is 0 Å². The molecular formula is C19H28N2O3. The summed E-state index contributed by atoms with van der Waals surface area (Å²) in [6.45, 7) is 8.31. The Morgan fingerprint density at radius 1 is 1.25 bits per heavy atom. The van der Waals surface area contributed by atoms with E-state index in [1.165, 1.54) is 5.56 Å². The Morgan fingerprint density at radius 2 is 2.00 bits per heavy atom. The summed E-state index contributed by atoms with van der Waals surface area (Å²) in [5, 5.41) is 8.99. The van der Waals surface area contributed by atoms with E-state index in [2.05, 4.69) is 24.8 Å². The Kier molecular flexibility index (Phi) is 5.11. The van der Waals surface area contributed by atoms with Gasteiger partial charge in [0, 0.05) is 32.7 Å². The number of hydrogen-bond acceptors (Lipinski definition) is 4. The number of fused-ring (bicyclic) bond motifs is 1. The van der Waals surface area contributed by atoms with E-state index in [0.717, 1.165) is 50.3 Å². The van der Waals surface area contributed by atoms with E-state index in [4.69, 9.17) is 9.84 Å². The van der Waals surface area contributed by atoms with Gasteiger partial charge in [-0.2, -0.15) is 0 Å². The molecule has 1 amide bonds. The lowest BCUT2D eigenvalue weighted by Gasteiger charge is -2.34. The van der Waals surface area contributed by atoms with E-state index >= 15 is 0 Å². The van der Waals surface area contributed by atoms with Gasteiger partial charge in [-0.15, -0.1) is 0 Å². The topological polar surface area (TPSA) is 53.0 Å². The number of carbonyl (C=O) groups is 1. The Labute approximate surface area is 144 Å². The van der Waals surface area contributed by atoms with Crippen LogP contribution in [-0.2, 0) is 17.6 Å². The Morgan fingerprint density at radius 3 is 2.71 bits per heavy atom. The molecule has 0 bridgehead atoms. The highest BCUT2D eigenvalue weighted by Crippen LogP contribution is 2.33. The van der Waals surface area contributed by atoms with E-state index in [1.807, 2.05) is 17.0 Å². The van der Waals surface area contributed by atoms with Crippen molar-refractivity contribution in [1.29, 1.82) is 0 Å². The van der Waals surface area contributed by atoms with Crippen LogP contribution in [0.2, 0.25) is 0 Å². The third-order valence-electron chi connectivity index (χ3n) is 5.00. The maximum absolute atomic E-state index is 12.5. The smallest absolute Gasteiger partial charge is 0.227 e. The largest absolute Gasteiger partial charge is 0.488 e. The number of piperazine rings is 1. The van der Waals surface area contributed by atoms with Crippen molar-refractivity contribution >= 4 is 5.91 Å². The molecule has 1 aromatic rings. The number of rotatable bonds is 4. The van der Waals surface area contributed by atoms with Gasteiger partial charge in [-0.05, 0) is 43.9 Å². The third-order valence-corrected chi connectivity index (χ3v) is 5.00. The van der Waals surface area contributed by atoms with Crippen LogP contribution in [0.25, 0.3) is 0 Å². The number of aryl methyl sites for hydroxylation is 1. The summed E-state index contributed by atoms with van der Waals surface area (Å²) in [6, 6.07) is 6.16. The highest BCUT2D eigenvalue weighted by atomic mass is 16.5. The molecule has 2 aliphatic rings. The fourth-order valence-electron chi connectivity index (χ4n) is 3.47. The monoisotopic (exact) mass is 332 g/mol. The minimum absolute atomic E-state index is 0.0986. The number of ether oxygens (including phenoxy) is 1. The quantitative estimate of drug-likeness (QED) is 0.907. The summed E-state index contributed by atoms with van der Waals surface area (Å²) < 4.78 is 6.01. The second-order valence-corrected chi connectivity index (χ2v) is 7.43. The zero-order chi connectivity index (χ0) is 17.2. The molecule has 2 heterocycles. The van der Waals surface area contributed by atoms with Crippen LogP contribution in [0, 0.1) is 0 Å². The highest BCUT2D eigenvalue weighted by molar-refractivity contribution is 5.79. The van der Waals surface area contributed by atoms with Gasteiger partial charge in [0.05, 0.1) is 13.0 Å². The number of benzene rings is 1. The predicted octanol–water partition coefficient (Wildman–Crippen LogP) is 1.47. The molecule has 2 aliphatic heterocycles. The highest BCUT2D eigenvalue weighted by Gasteiger charge is 2.27. The maximum atomic E-state index is 12.5. The van der Waals surface area contributed by atoms with Crippen LogP contribution in [0.15, 0.2) is 18.2 Å². The predicted molar refractivity (Wildman–Crippen MR) is 93.3 cm³/mol. The van der Waals surface area contributed by atoms with Crippen LogP contribution in [-0.4, -0.2) is 65.7 Å². The number of carbonyl (C=O) groups excluding carboxylic acids is 1. The number of nitrogens with zero attached hydrogens (tertiary/aromatic N) is 2. The van der Waals surface area contributed by atoms with Gasteiger partial charge in [0.1, 0.15) is 11.4 Å². The van der Waals surface area contributed by atoms with E-state index in [-0.39, 0.29) is 18.1 Å². The van der Waals surface area contributed by atoms with Crippen molar-refractivity contribution in [1.82, 2.24) is 9.80 Å². The number of amides is 1. The van der Waals surface area contributed by atoms with Crippen molar-refractivity contribution in [2.24, 2.45) is 0 Å². The molecule has 0 aliphatic carbocycles. The molecule has 132 valence electrons. The van der Waals surface area contributed by atoms with Crippen LogP contribution >= 0.6 is 0 Å². The minimum atomic E-state index is -0.0986. The van der Waals surface area contributed by atoms with Crippen molar-refractivity contribution in [3.05, 3.63) is 29.3 Å². The van der Waals surface area contributed by atoms with Crippen molar-refractivity contribution in [3.63, 3.8) is 0 Å². The molecule has 1 saturated heterocycles. The number of hydrogen-bond donors (Lipinski definition) is 1. The second-order valence-electron chi connectivity index (χ2n) is 7.43. The SMILES string of the molecule is CC1(C)CCc2cc(CC(=O)N3CCN(CCO)CC3)ccc2O1. The zero-order valence-corrected chi connectivity index (χ0v) is 14.8. The molecule has 0 spiro atoms. The fourth-order valence-corrected chi connectivity index (χ4v) is 3.47. The fraction of sp³-hybridized carbons (Fsp3) is 0.632. The molecule has 3 rings (SSSR count). The normalized spacial score (nSPS) is 20.4. The summed E-state index contributed by atoms with van der Waals surface area (Å²) in [7, 11) is 0. The number of β-amino-alcohol motifs (C(OH)–C–C–N with tert-alkyl or cyclic N) is 1. The summed E-state index contributed by atoms with van der Waals surface area (Å²) in [5.74, 6) is 1.15. The number of aliphatic hydroxyl groups is 1. The summed E-state index contributed by atoms with van der Waals surface area (Å²) in [6.07, 6.45) is 2.46. The third kappa shape index (κ3) is 4.08. The van der Waals surface area contributed by atoms with E-state index in [9.17, 15) is 4.79 Å². The average molecular weight is 332 g/mol. The molecule has 24 heavy (non-hydrogen) atoms. The second kappa shape index (κ2) is 7.11. The molecule has 1 N–H and O–H groups in total. The Bertz CT molecular complexity index is 592. The van der Waals surface area contributed by atoms with Crippen molar-refractivity contribution < 1.29 is 14.6 Å².